The maximum absolute atomic E-state index is 4.96. The van der Waals surface area contributed by atoms with Crippen LogP contribution in [-0.4, -0.2) is 19.9 Å². The molecule has 0 spiro atoms. The molecule has 6 aromatic rings. The molecule has 0 atom stereocenters. The van der Waals surface area contributed by atoms with E-state index >= 15 is 0 Å². The summed E-state index contributed by atoms with van der Waals surface area (Å²) in [6.45, 7) is 0. The SMILES string of the molecule is c1ccc(-c2cnc(-c3ccc4ccc5ccc(-c6ccccc6)nc5c4n3)cn2)cc1. The smallest absolute Gasteiger partial charge is 0.107 e. The molecule has 0 aliphatic heterocycles. The third kappa shape index (κ3) is 3.28. The lowest BCUT2D eigenvalue weighted by Crippen LogP contribution is -1.93. The predicted molar refractivity (Wildman–Crippen MR) is 129 cm³/mol. The van der Waals surface area contributed by atoms with Crippen molar-refractivity contribution in [1.29, 1.82) is 0 Å². The molecule has 0 unspecified atom stereocenters. The molecule has 0 aliphatic carbocycles. The van der Waals surface area contributed by atoms with Gasteiger partial charge in [0.2, 0.25) is 0 Å². The number of benzene rings is 3. The molecule has 3 heterocycles. The summed E-state index contributed by atoms with van der Waals surface area (Å²) >= 11 is 0. The highest BCUT2D eigenvalue weighted by molar-refractivity contribution is 6.04. The van der Waals surface area contributed by atoms with Crippen molar-refractivity contribution >= 4 is 21.8 Å². The zero-order chi connectivity index (χ0) is 21.3. The Morgan fingerprint density at radius 3 is 1.44 bits per heavy atom. The maximum Gasteiger partial charge on any atom is 0.107 e. The number of pyridine rings is 2. The van der Waals surface area contributed by atoms with Crippen molar-refractivity contribution in [2.75, 3.05) is 0 Å². The van der Waals surface area contributed by atoms with Crippen LogP contribution in [0.15, 0.2) is 109 Å². The first kappa shape index (κ1) is 18.3. The number of hydrogen-bond donors (Lipinski definition) is 0. The number of aromatic nitrogens is 4. The van der Waals surface area contributed by atoms with Gasteiger partial charge >= 0.3 is 0 Å². The highest BCUT2D eigenvalue weighted by Crippen LogP contribution is 2.28. The third-order valence-electron chi connectivity index (χ3n) is 5.57. The van der Waals surface area contributed by atoms with Gasteiger partial charge < -0.3 is 0 Å². The summed E-state index contributed by atoms with van der Waals surface area (Å²) in [6.07, 6.45) is 3.58. The van der Waals surface area contributed by atoms with Crippen LogP contribution in [-0.2, 0) is 0 Å². The number of rotatable bonds is 3. The van der Waals surface area contributed by atoms with Crippen molar-refractivity contribution in [3.05, 3.63) is 109 Å². The van der Waals surface area contributed by atoms with Crippen LogP contribution in [0.2, 0.25) is 0 Å². The van der Waals surface area contributed by atoms with E-state index in [-0.39, 0.29) is 0 Å². The zero-order valence-corrected chi connectivity index (χ0v) is 17.2. The second-order valence-electron chi connectivity index (χ2n) is 7.62. The average Bonchev–Trinajstić information content (AvgIpc) is 2.89. The Morgan fingerprint density at radius 2 is 0.844 bits per heavy atom. The summed E-state index contributed by atoms with van der Waals surface area (Å²) in [4.78, 5) is 19.1. The molecule has 0 saturated carbocycles. The van der Waals surface area contributed by atoms with Gasteiger partial charge in [-0.15, -0.1) is 0 Å². The molecule has 0 radical (unpaired) electrons. The van der Waals surface area contributed by atoms with E-state index in [1.807, 2.05) is 54.6 Å². The first-order chi connectivity index (χ1) is 15.8. The van der Waals surface area contributed by atoms with Crippen molar-refractivity contribution in [3.63, 3.8) is 0 Å². The van der Waals surface area contributed by atoms with E-state index in [1.54, 1.807) is 12.4 Å². The molecule has 150 valence electrons. The molecule has 0 aliphatic rings. The fraction of sp³-hybridized carbons (Fsp3) is 0. The fourth-order valence-electron chi connectivity index (χ4n) is 3.90. The van der Waals surface area contributed by atoms with Gasteiger partial charge in [0, 0.05) is 21.9 Å². The van der Waals surface area contributed by atoms with Gasteiger partial charge in [0.1, 0.15) is 5.69 Å². The highest BCUT2D eigenvalue weighted by Gasteiger charge is 2.10. The van der Waals surface area contributed by atoms with Gasteiger partial charge in [-0.05, 0) is 12.1 Å². The van der Waals surface area contributed by atoms with Gasteiger partial charge in [-0.25, -0.2) is 9.97 Å². The van der Waals surface area contributed by atoms with E-state index in [4.69, 9.17) is 9.97 Å². The van der Waals surface area contributed by atoms with E-state index in [9.17, 15) is 0 Å². The van der Waals surface area contributed by atoms with Crippen LogP contribution >= 0.6 is 0 Å². The molecule has 6 rings (SSSR count). The van der Waals surface area contributed by atoms with Crippen LogP contribution in [0.4, 0.5) is 0 Å². The first-order valence-corrected chi connectivity index (χ1v) is 10.5. The molecule has 4 nitrogen and oxygen atoms in total. The molecule has 3 aromatic heterocycles. The Balaban J connectivity index is 1.46. The summed E-state index contributed by atoms with van der Waals surface area (Å²) in [7, 11) is 0. The molecular weight excluding hydrogens is 392 g/mol. The quantitative estimate of drug-likeness (QED) is 0.310. The van der Waals surface area contributed by atoms with Crippen molar-refractivity contribution in [1.82, 2.24) is 19.9 Å². The van der Waals surface area contributed by atoms with E-state index in [2.05, 4.69) is 52.4 Å². The second-order valence-corrected chi connectivity index (χ2v) is 7.62. The summed E-state index contributed by atoms with van der Waals surface area (Å²) in [5.74, 6) is 0. The fourth-order valence-corrected chi connectivity index (χ4v) is 3.90. The maximum atomic E-state index is 4.96. The van der Waals surface area contributed by atoms with E-state index < -0.39 is 0 Å². The van der Waals surface area contributed by atoms with E-state index in [0.717, 1.165) is 55.7 Å². The van der Waals surface area contributed by atoms with Gasteiger partial charge in [-0.2, -0.15) is 0 Å². The Labute approximate surface area is 185 Å². The Hall–Kier alpha value is -4.44. The van der Waals surface area contributed by atoms with Crippen LogP contribution < -0.4 is 0 Å². The molecular formula is C28H18N4. The minimum absolute atomic E-state index is 0.739. The number of hydrogen-bond acceptors (Lipinski definition) is 4. The number of nitrogens with zero attached hydrogens (tertiary/aromatic N) is 4. The lowest BCUT2D eigenvalue weighted by Gasteiger charge is -2.08. The summed E-state index contributed by atoms with van der Waals surface area (Å²) in [5.41, 5.74) is 7.18. The summed E-state index contributed by atoms with van der Waals surface area (Å²) in [5, 5.41) is 2.11. The predicted octanol–water partition coefficient (Wildman–Crippen LogP) is 6.57. The van der Waals surface area contributed by atoms with Crippen LogP contribution in [0.5, 0.6) is 0 Å². The van der Waals surface area contributed by atoms with Gasteiger partial charge in [-0.1, -0.05) is 84.9 Å². The van der Waals surface area contributed by atoms with E-state index in [0.29, 0.717) is 0 Å². The summed E-state index contributed by atoms with van der Waals surface area (Å²) < 4.78 is 0. The highest BCUT2D eigenvalue weighted by atomic mass is 14.8. The molecule has 3 aromatic carbocycles. The average molecular weight is 410 g/mol. The van der Waals surface area contributed by atoms with Crippen molar-refractivity contribution in [2.45, 2.75) is 0 Å². The molecule has 0 saturated heterocycles. The van der Waals surface area contributed by atoms with Crippen LogP contribution in [0.1, 0.15) is 0 Å². The minimum Gasteiger partial charge on any atom is -0.252 e. The van der Waals surface area contributed by atoms with Crippen LogP contribution in [0, 0.1) is 0 Å². The van der Waals surface area contributed by atoms with E-state index in [1.165, 1.54) is 0 Å². The lowest BCUT2D eigenvalue weighted by molar-refractivity contribution is 1.19. The molecule has 32 heavy (non-hydrogen) atoms. The molecule has 0 fully saturated rings. The lowest BCUT2D eigenvalue weighted by atomic mass is 10.1. The number of fused-ring (bicyclic) bond motifs is 3. The Kier molecular flexibility index (Phi) is 4.40. The molecule has 0 N–H and O–H groups in total. The monoisotopic (exact) mass is 410 g/mol. The van der Waals surface area contributed by atoms with Gasteiger partial charge in [0.25, 0.3) is 0 Å². The standard InChI is InChI=1S/C28H18N4/c1-3-7-19(8-4-1)23-15-13-21-11-12-22-14-16-24(32-28(22)27(21)31-23)26-18-29-25(17-30-26)20-9-5-2-6-10-20/h1-18H. The minimum atomic E-state index is 0.739. The Morgan fingerprint density at radius 1 is 0.375 bits per heavy atom. The molecule has 4 heteroatoms. The van der Waals surface area contributed by atoms with Crippen molar-refractivity contribution in [3.8, 4) is 33.9 Å². The second kappa shape index (κ2) is 7.67. The van der Waals surface area contributed by atoms with Gasteiger partial charge in [0.15, 0.2) is 0 Å². The van der Waals surface area contributed by atoms with Crippen molar-refractivity contribution < 1.29 is 0 Å². The largest absolute Gasteiger partial charge is 0.252 e. The summed E-state index contributed by atoms with van der Waals surface area (Å²) in [6, 6.07) is 32.6. The van der Waals surface area contributed by atoms with Gasteiger partial charge in [-0.3, -0.25) is 9.97 Å². The van der Waals surface area contributed by atoms with Crippen molar-refractivity contribution in [2.24, 2.45) is 0 Å². The molecule has 0 amide bonds. The van der Waals surface area contributed by atoms with Gasteiger partial charge in [0.05, 0.1) is 40.5 Å². The first-order valence-electron chi connectivity index (χ1n) is 10.5. The molecule has 0 bridgehead atoms. The topological polar surface area (TPSA) is 51.6 Å². The normalized spacial score (nSPS) is 11.1. The van der Waals surface area contributed by atoms with Crippen LogP contribution in [0.3, 0.4) is 0 Å². The third-order valence-corrected chi connectivity index (χ3v) is 5.57. The Bertz CT molecular complexity index is 1540. The van der Waals surface area contributed by atoms with Crippen LogP contribution in [0.25, 0.3) is 55.7 Å². The zero-order valence-electron chi connectivity index (χ0n) is 17.2.